The van der Waals surface area contributed by atoms with Crippen molar-refractivity contribution >= 4 is 6.21 Å². The Morgan fingerprint density at radius 2 is 2.33 bits per heavy atom. The van der Waals surface area contributed by atoms with Crippen LogP contribution in [0.15, 0.2) is 23.4 Å². The Morgan fingerprint density at radius 3 is 2.83 bits per heavy atom. The number of oxime groups is 1. The number of nitrogens with zero attached hydrogens (tertiary/aromatic N) is 2. The molecule has 0 aliphatic rings. The first kappa shape index (κ1) is 8.21. The summed E-state index contributed by atoms with van der Waals surface area (Å²) in [5.41, 5.74) is 0.388. The highest BCUT2D eigenvalue weighted by molar-refractivity contribution is 5.79. The predicted octanol–water partition coefficient (Wildman–Crippen LogP) is 1.51. The minimum Gasteiger partial charge on any atom is -0.411 e. The van der Waals surface area contributed by atoms with Crippen LogP contribution >= 0.6 is 0 Å². The Hall–Kier alpha value is -1.89. The number of halogens is 1. The second-order valence-corrected chi connectivity index (χ2v) is 2.09. The molecular weight excluding hydrogens is 159 g/mol. The van der Waals surface area contributed by atoms with Crippen LogP contribution in [0.2, 0.25) is 0 Å². The highest BCUT2D eigenvalue weighted by Gasteiger charge is 1.99. The van der Waals surface area contributed by atoms with E-state index in [-0.39, 0.29) is 11.1 Å². The lowest BCUT2D eigenvalue weighted by Crippen LogP contribution is -1.88. The van der Waals surface area contributed by atoms with E-state index < -0.39 is 5.82 Å². The Bertz CT molecular complexity index is 355. The minimum atomic E-state index is -0.577. The van der Waals surface area contributed by atoms with E-state index in [1.807, 2.05) is 0 Å². The molecule has 0 amide bonds. The highest BCUT2D eigenvalue weighted by atomic mass is 19.1. The molecule has 1 N–H and O–H groups in total. The van der Waals surface area contributed by atoms with Crippen LogP contribution in [0.5, 0.6) is 0 Å². The summed E-state index contributed by atoms with van der Waals surface area (Å²) >= 11 is 0. The summed E-state index contributed by atoms with van der Waals surface area (Å²) in [7, 11) is 0. The zero-order valence-corrected chi connectivity index (χ0v) is 6.03. The third-order valence-corrected chi connectivity index (χ3v) is 1.33. The summed E-state index contributed by atoms with van der Waals surface area (Å²) in [4.78, 5) is 0. The lowest BCUT2D eigenvalue weighted by molar-refractivity contribution is 0.321. The third-order valence-electron chi connectivity index (χ3n) is 1.33. The Kier molecular flexibility index (Phi) is 2.38. The summed E-state index contributed by atoms with van der Waals surface area (Å²) in [6.07, 6.45) is 0.969. The van der Waals surface area contributed by atoms with Gasteiger partial charge >= 0.3 is 0 Å². The van der Waals surface area contributed by atoms with E-state index in [0.717, 1.165) is 12.3 Å². The van der Waals surface area contributed by atoms with E-state index in [0.29, 0.717) is 0 Å². The molecule has 12 heavy (non-hydrogen) atoms. The molecule has 0 heterocycles. The molecule has 60 valence electrons. The third kappa shape index (κ3) is 1.58. The maximum Gasteiger partial charge on any atom is 0.133 e. The number of rotatable bonds is 1. The van der Waals surface area contributed by atoms with E-state index in [9.17, 15) is 4.39 Å². The van der Waals surface area contributed by atoms with Gasteiger partial charge in [0, 0.05) is 5.56 Å². The van der Waals surface area contributed by atoms with Crippen molar-refractivity contribution in [1.82, 2.24) is 0 Å². The topological polar surface area (TPSA) is 56.4 Å². The van der Waals surface area contributed by atoms with Gasteiger partial charge in [0.1, 0.15) is 5.82 Å². The van der Waals surface area contributed by atoms with Crippen molar-refractivity contribution in [3.05, 3.63) is 35.1 Å². The van der Waals surface area contributed by atoms with Crippen LogP contribution < -0.4 is 0 Å². The van der Waals surface area contributed by atoms with Crippen LogP contribution in [0.1, 0.15) is 11.1 Å². The van der Waals surface area contributed by atoms with Gasteiger partial charge in [-0.05, 0) is 18.2 Å². The fourth-order valence-corrected chi connectivity index (χ4v) is 0.764. The van der Waals surface area contributed by atoms with Crippen LogP contribution in [0.3, 0.4) is 0 Å². The van der Waals surface area contributed by atoms with E-state index in [2.05, 4.69) is 5.16 Å². The maximum absolute atomic E-state index is 12.9. The second kappa shape index (κ2) is 3.49. The number of hydrogen-bond acceptors (Lipinski definition) is 3. The first-order valence-electron chi connectivity index (χ1n) is 3.15. The van der Waals surface area contributed by atoms with Crippen molar-refractivity contribution in [1.29, 1.82) is 5.26 Å². The van der Waals surface area contributed by atoms with Crippen molar-refractivity contribution in [3.8, 4) is 6.07 Å². The molecule has 0 spiro atoms. The molecule has 1 aromatic carbocycles. The lowest BCUT2D eigenvalue weighted by Gasteiger charge is -1.94. The highest BCUT2D eigenvalue weighted by Crippen LogP contribution is 2.07. The van der Waals surface area contributed by atoms with Gasteiger partial charge in [-0.25, -0.2) is 4.39 Å². The average Bonchev–Trinajstić information content (AvgIpc) is 2.09. The van der Waals surface area contributed by atoms with E-state index in [4.69, 9.17) is 10.5 Å². The van der Waals surface area contributed by atoms with Gasteiger partial charge in [0.2, 0.25) is 0 Å². The van der Waals surface area contributed by atoms with E-state index >= 15 is 0 Å². The summed E-state index contributed by atoms with van der Waals surface area (Å²) < 4.78 is 12.9. The van der Waals surface area contributed by atoms with Crippen LogP contribution in [0, 0.1) is 17.1 Å². The minimum absolute atomic E-state index is 0.150. The number of nitriles is 1. The molecule has 0 fully saturated rings. The Morgan fingerprint density at radius 1 is 1.58 bits per heavy atom. The van der Waals surface area contributed by atoms with Crippen molar-refractivity contribution in [3.63, 3.8) is 0 Å². The molecule has 0 saturated carbocycles. The first-order valence-corrected chi connectivity index (χ1v) is 3.15. The summed E-state index contributed by atoms with van der Waals surface area (Å²) in [5, 5.41) is 19.2. The van der Waals surface area contributed by atoms with E-state index in [1.165, 1.54) is 12.1 Å². The standard InChI is InChI=1S/C8H5FN2O/c9-8-3-6(4-10)1-2-7(8)5-11-12/h1-3,5,12H. The fourth-order valence-electron chi connectivity index (χ4n) is 0.764. The Balaban J connectivity index is 3.14. The zero-order valence-electron chi connectivity index (χ0n) is 6.03. The molecule has 3 nitrogen and oxygen atoms in total. The van der Waals surface area contributed by atoms with Crippen LogP contribution in [-0.2, 0) is 0 Å². The summed E-state index contributed by atoms with van der Waals surface area (Å²) in [6, 6.07) is 5.68. The van der Waals surface area contributed by atoms with Gasteiger partial charge in [-0.3, -0.25) is 0 Å². The monoisotopic (exact) mass is 164 g/mol. The van der Waals surface area contributed by atoms with Crippen LogP contribution in [0.4, 0.5) is 4.39 Å². The fraction of sp³-hybridized carbons (Fsp3) is 0. The SMILES string of the molecule is N#Cc1ccc(C=NO)c(F)c1. The van der Waals surface area contributed by atoms with Gasteiger partial charge in [0.05, 0.1) is 17.8 Å². The molecular formula is C8H5FN2O. The first-order chi connectivity index (χ1) is 5.77. The molecule has 0 atom stereocenters. The van der Waals surface area contributed by atoms with Crippen molar-refractivity contribution < 1.29 is 9.60 Å². The average molecular weight is 164 g/mol. The predicted molar refractivity (Wildman–Crippen MR) is 40.5 cm³/mol. The molecule has 0 aromatic heterocycles. The van der Waals surface area contributed by atoms with Crippen LogP contribution in [0.25, 0.3) is 0 Å². The van der Waals surface area contributed by atoms with Crippen molar-refractivity contribution in [2.75, 3.05) is 0 Å². The second-order valence-electron chi connectivity index (χ2n) is 2.09. The maximum atomic E-state index is 12.9. The van der Waals surface area contributed by atoms with Gasteiger partial charge in [-0.1, -0.05) is 5.16 Å². The van der Waals surface area contributed by atoms with Crippen molar-refractivity contribution in [2.24, 2.45) is 5.16 Å². The van der Waals surface area contributed by atoms with Crippen molar-refractivity contribution in [2.45, 2.75) is 0 Å². The zero-order chi connectivity index (χ0) is 8.97. The smallest absolute Gasteiger partial charge is 0.133 e. The van der Waals surface area contributed by atoms with Gasteiger partial charge in [0.25, 0.3) is 0 Å². The van der Waals surface area contributed by atoms with Gasteiger partial charge in [-0.2, -0.15) is 5.26 Å². The van der Waals surface area contributed by atoms with Gasteiger partial charge < -0.3 is 5.21 Å². The van der Waals surface area contributed by atoms with E-state index in [1.54, 1.807) is 6.07 Å². The number of hydrogen-bond donors (Lipinski definition) is 1. The normalized spacial score (nSPS) is 10.0. The molecule has 1 rings (SSSR count). The summed E-state index contributed by atoms with van der Waals surface area (Å²) in [5.74, 6) is -0.577. The van der Waals surface area contributed by atoms with Gasteiger partial charge in [-0.15, -0.1) is 0 Å². The largest absolute Gasteiger partial charge is 0.411 e. The molecule has 1 aromatic rings. The van der Waals surface area contributed by atoms with Gasteiger partial charge in [0.15, 0.2) is 0 Å². The number of benzene rings is 1. The Labute approximate surface area is 68.4 Å². The summed E-state index contributed by atoms with van der Waals surface area (Å²) in [6.45, 7) is 0. The lowest BCUT2D eigenvalue weighted by atomic mass is 10.1. The quantitative estimate of drug-likeness (QED) is 0.388. The van der Waals surface area contributed by atoms with Crippen LogP contribution in [-0.4, -0.2) is 11.4 Å². The molecule has 0 bridgehead atoms. The molecule has 0 radical (unpaired) electrons. The molecule has 0 aliphatic heterocycles. The molecule has 4 heteroatoms. The molecule has 0 saturated heterocycles. The molecule has 0 aliphatic carbocycles. The molecule has 0 unspecified atom stereocenters.